The SMILES string of the molecule is O=S(O)n1cc(S)c(CNS)c1. The van der Waals surface area contributed by atoms with Gasteiger partial charge in [0.2, 0.25) is 0 Å². The van der Waals surface area contributed by atoms with Crippen molar-refractivity contribution in [1.82, 2.24) is 8.69 Å². The van der Waals surface area contributed by atoms with Crippen LogP contribution in [-0.4, -0.2) is 12.7 Å². The monoisotopic (exact) mass is 224 g/mol. The molecule has 0 aliphatic carbocycles. The summed E-state index contributed by atoms with van der Waals surface area (Å²) < 4.78 is 23.1. The van der Waals surface area contributed by atoms with Crippen LogP contribution in [0.15, 0.2) is 17.3 Å². The van der Waals surface area contributed by atoms with Crippen LogP contribution < -0.4 is 4.72 Å². The van der Waals surface area contributed by atoms with Crippen LogP contribution in [0.4, 0.5) is 0 Å². The second kappa shape index (κ2) is 4.33. The number of hydrogen-bond donors (Lipinski definition) is 4. The van der Waals surface area contributed by atoms with Crippen LogP contribution in [0, 0.1) is 0 Å². The Morgan fingerprint density at radius 3 is 2.75 bits per heavy atom. The van der Waals surface area contributed by atoms with E-state index in [9.17, 15) is 4.21 Å². The summed E-state index contributed by atoms with van der Waals surface area (Å²) in [6, 6.07) is 0. The molecule has 1 unspecified atom stereocenters. The summed E-state index contributed by atoms with van der Waals surface area (Å²) in [4.78, 5) is 0.666. The predicted molar refractivity (Wildman–Crippen MR) is 53.7 cm³/mol. The van der Waals surface area contributed by atoms with Crippen molar-refractivity contribution in [2.45, 2.75) is 11.4 Å². The van der Waals surface area contributed by atoms with Gasteiger partial charge < -0.3 is 0 Å². The zero-order valence-electron chi connectivity index (χ0n) is 5.97. The summed E-state index contributed by atoms with van der Waals surface area (Å²) in [5.74, 6) is 0. The topological polar surface area (TPSA) is 54.3 Å². The van der Waals surface area contributed by atoms with E-state index in [4.69, 9.17) is 4.55 Å². The van der Waals surface area contributed by atoms with Gasteiger partial charge >= 0.3 is 0 Å². The molecule has 0 spiro atoms. The normalized spacial score (nSPS) is 13.2. The van der Waals surface area contributed by atoms with E-state index in [0.717, 1.165) is 5.56 Å². The third-order valence-corrected chi connectivity index (χ3v) is 2.44. The average Bonchev–Trinajstić information content (AvgIpc) is 2.34. The fourth-order valence-electron chi connectivity index (χ4n) is 0.772. The van der Waals surface area contributed by atoms with E-state index in [0.29, 0.717) is 11.4 Å². The van der Waals surface area contributed by atoms with Gasteiger partial charge in [-0.15, -0.1) is 12.6 Å². The molecule has 0 amide bonds. The van der Waals surface area contributed by atoms with Gasteiger partial charge in [0.25, 0.3) is 11.3 Å². The molecule has 12 heavy (non-hydrogen) atoms. The lowest BCUT2D eigenvalue weighted by Crippen LogP contribution is -2.00. The minimum atomic E-state index is -2.01. The smallest absolute Gasteiger partial charge is 0.265 e. The molecule has 4 nitrogen and oxygen atoms in total. The molecular weight excluding hydrogens is 216 g/mol. The second-order valence-electron chi connectivity index (χ2n) is 2.09. The van der Waals surface area contributed by atoms with E-state index in [-0.39, 0.29) is 0 Å². The minimum absolute atomic E-state index is 0.506. The Labute approximate surface area is 83.7 Å². The van der Waals surface area contributed by atoms with Gasteiger partial charge in [-0.3, -0.25) is 13.2 Å². The Morgan fingerprint density at radius 1 is 1.67 bits per heavy atom. The molecule has 0 aliphatic rings. The summed E-state index contributed by atoms with van der Waals surface area (Å²) in [6.07, 6.45) is 3.03. The predicted octanol–water partition coefficient (Wildman–Crippen LogP) is 0.696. The minimum Gasteiger partial charge on any atom is -0.289 e. The maximum absolute atomic E-state index is 10.6. The van der Waals surface area contributed by atoms with Gasteiger partial charge in [-0.2, -0.15) is 0 Å². The maximum Gasteiger partial charge on any atom is 0.265 e. The van der Waals surface area contributed by atoms with Crippen molar-refractivity contribution in [3.8, 4) is 0 Å². The molecule has 1 aromatic heterocycles. The van der Waals surface area contributed by atoms with Crippen molar-refractivity contribution in [3.63, 3.8) is 0 Å². The number of rotatable bonds is 3. The lowest BCUT2D eigenvalue weighted by molar-refractivity contribution is 0.554. The molecule has 1 atom stereocenters. The first-order valence-corrected chi connectivity index (χ1v) is 4.99. The molecule has 7 heteroatoms. The van der Waals surface area contributed by atoms with Crippen molar-refractivity contribution in [1.29, 1.82) is 0 Å². The van der Waals surface area contributed by atoms with E-state index in [1.807, 2.05) is 0 Å². The Kier molecular flexibility index (Phi) is 3.66. The first-order valence-electron chi connectivity index (χ1n) is 3.03. The van der Waals surface area contributed by atoms with Gasteiger partial charge in [0, 0.05) is 23.8 Å². The highest BCUT2D eigenvalue weighted by atomic mass is 32.2. The van der Waals surface area contributed by atoms with Crippen molar-refractivity contribution in [3.05, 3.63) is 18.0 Å². The van der Waals surface area contributed by atoms with Gasteiger partial charge in [0.05, 0.1) is 0 Å². The largest absolute Gasteiger partial charge is 0.289 e. The second-order valence-corrected chi connectivity index (χ2v) is 3.78. The number of thiol groups is 2. The highest BCUT2D eigenvalue weighted by Crippen LogP contribution is 2.15. The summed E-state index contributed by atoms with van der Waals surface area (Å²) in [5.41, 5.74) is 0.829. The molecule has 0 fully saturated rings. The fraction of sp³-hybridized carbons (Fsp3) is 0.200. The number of nitrogens with zero attached hydrogens (tertiary/aromatic N) is 1. The molecule has 1 aromatic rings. The van der Waals surface area contributed by atoms with Crippen LogP contribution in [-0.2, 0) is 17.8 Å². The average molecular weight is 224 g/mol. The maximum atomic E-state index is 10.6. The van der Waals surface area contributed by atoms with E-state index >= 15 is 0 Å². The zero-order chi connectivity index (χ0) is 9.14. The van der Waals surface area contributed by atoms with Crippen molar-refractivity contribution >= 4 is 36.7 Å². The van der Waals surface area contributed by atoms with Crippen LogP contribution in [0.2, 0.25) is 0 Å². The van der Waals surface area contributed by atoms with Crippen molar-refractivity contribution in [2.24, 2.45) is 0 Å². The number of nitrogens with one attached hydrogen (secondary N) is 1. The standard InChI is InChI=1S/C5H8N2O2S3/c8-12(9)7-2-4(1-6-11)5(10)3-7/h2-3,6,10-11H,1H2,(H,8,9). The van der Waals surface area contributed by atoms with E-state index in [1.54, 1.807) is 6.20 Å². The van der Waals surface area contributed by atoms with Crippen LogP contribution in [0.1, 0.15) is 5.56 Å². The molecule has 0 saturated heterocycles. The van der Waals surface area contributed by atoms with Crippen LogP contribution >= 0.6 is 25.4 Å². The molecule has 2 N–H and O–H groups in total. The Bertz CT molecular complexity index is 299. The molecule has 0 aliphatic heterocycles. The molecule has 0 aromatic carbocycles. The summed E-state index contributed by atoms with van der Waals surface area (Å²) in [6.45, 7) is 0.506. The third kappa shape index (κ3) is 2.27. The lowest BCUT2D eigenvalue weighted by atomic mass is 10.3. The lowest BCUT2D eigenvalue weighted by Gasteiger charge is -1.94. The van der Waals surface area contributed by atoms with E-state index in [2.05, 4.69) is 30.2 Å². The zero-order valence-corrected chi connectivity index (χ0v) is 8.57. The third-order valence-electron chi connectivity index (χ3n) is 1.31. The van der Waals surface area contributed by atoms with Gasteiger partial charge in [0.15, 0.2) is 0 Å². The number of hydrogen-bond acceptors (Lipinski definition) is 4. The van der Waals surface area contributed by atoms with Gasteiger partial charge in [-0.1, -0.05) is 12.8 Å². The van der Waals surface area contributed by atoms with Crippen LogP contribution in [0.25, 0.3) is 0 Å². The molecule has 0 radical (unpaired) electrons. The highest BCUT2D eigenvalue weighted by molar-refractivity contribution is 7.80. The Morgan fingerprint density at radius 2 is 2.33 bits per heavy atom. The first kappa shape index (κ1) is 10.1. The summed E-state index contributed by atoms with van der Waals surface area (Å²) in [7, 11) is 0. The van der Waals surface area contributed by atoms with Crippen LogP contribution in [0.3, 0.4) is 0 Å². The Hall–Kier alpha value is 0.0500. The van der Waals surface area contributed by atoms with Crippen molar-refractivity contribution in [2.75, 3.05) is 0 Å². The summed E-state index contributed by atoms with van der Waals surface area (Å²) >= 11 is 5.91. The summed E-state index contributed by atoms with van der Waals surface area (Å²) in [5, 5.41) is 0. The van der Waals surface area contributed by atoms with Gasteiger partial charge in [0.1, 0.15) is 0 Å². The van der Waals surface area contributed by atoms with Gasteiger partial charge in [-0.25, -0.2) is 4.21 Å². The molecule has 0 saturated carbocycles. The quantitative estimate of drug-likeness (QED) is 0.451. The van der Waals surface area contributed by atoms with Crippen LogP contribution in [0.5, 0.6) is 0 Å². The Balaban J connectivity index is 2.92. The molecule has 0 bridgehead atoms. The molecular formula is C5H8N2O2S3. The molecule has 68 valence electrons. The van der Waals surface area contributed by atoms with Gasteiger partial charge in [-0.05, 0) is 5.56 Å². The fourth-order valence-corrected chi connectivity index (χ4v) is 1.69. The van der Waals surface area contributed by atoms with E-state index in [1.165, 1.54) is 10.2 Å². The number of aromatic nitrogens is 1. The van der Waals surface area contributed by atoms with Crippen molar-refractivity contribution < 1.29 is 8.76 Å². The molecule has 1 heterocycles. The molecule has 1 rings (SSSR count). The van der Waals surface area contributed by atoms with E-state index < -0.39 is 11.3 Å². The highest BCUT2D eigenvalue weighted by Gasteiger charge is 2.05. The first-order chi connectivity index (χ1) is 5.65.